The second-order valence-corrected chi connectivity index (χ2v) is 8.02. The minimum Gasteiger partial charge on any atom is -0.330 e. The first-order valence-corrected chi connectivity index (χ1v) is 12.1. The van der Waals surface area contributed by atoms with Gasteiger partial charge in [0.05, 0.1) is 0 Å². The molecule has 168 valence electrons. The first-order valence-electron chi connectivity index (χ1n) is 12.1. The van der Waals surface area contributed by atoms with Crippen molar-refractivity contribution in [3.63, 3.8) is 0 Å². The predicted molar refractivity (Wildman–Crippen MR) is 129 cm³/mol. The van der Waals surface area contributed by atoms with Gasteiger partial charge in [-0.3, -0.25) is 4.90 Å². The fourth-order valence-electron chi connectivity index (χ4n) is 3.81. The highest BCUT2D eigenvalue weighted by Crippen LogP contribution is 2.34. The maximum atomic E-state index is 5.14. The Hall–Kier alpha value is 0.210. The summed E-state index contributed by atoms with van der Waals surface area (Å²) in [7, 11) is 0. The Morgan fingerprint density at radius 2 is 0.963 bits per heavy atom. The lowest BCUT2D eigenvalue weighted by Gasteiger charge is -2.45. The highest BCUT2D eigenvalue weighted by atomic mass is 35.5. The fraction of sp³-hybridized carbons (Fsp3) is 1.00. The van der Waals surface area contributed by atoms with Crippen LogP contribution in [0.25, 0.3) is 0 Å². The molecule has 0 heterocycles. The van der Waals surface area contributed by atoms with Gasteiger partial charge in [-0.1, -0.05) is 92.9 Å². The van der Waals surface area contributed by atoms with Crippen LogP contribution in [0.5, 0.6) is 0 Å². The van der Waals surface area contributed by atoms with Gasteiger partial charge < -0.3 is 5.73 Å². The van der Waals surface area contributed by atoms with E-state index in [1.165, 1.54) is 103 Å². The van der Waals surface area contributed by atoms with E-state index < -0.39 is 0 Å². The van der Waals surface area contributed by atoms with Crippen LogP contribution in [-0.2, 0) is 0 Å². The van der Waals surface area contributed by atoms with Crippen LogP contribution in [0.1, 0.15) is 131 Å². The molecular formula is C24H55ClN2. The molecule has 0 spiro atoms. The van der Waals surface area contributed by atoms with Crippen molar-refractivity contribution in [3.05, 3.63) is 0 Å². The second-order valence-electron chi connectivity index (χ2n) is 8.02. The number of halogens is 1. The number of unbranched alkanes of at least 4 members (excludes halogenated alkanes) is 5. The van der Waals surface area contributed by atoms with Gasteiger partial charge >= 0.3 is 0 Å². The van der Waals surface area contributed by atoms with E-state index in [2.05, 4.69) is 46.4 Å². The molecule has 0 aromatic carbocycles. The molecule has 0 aromatic heterocycles. The molecule has 0 aliphatic carbocycles. The minimum atomic E-state index is 0. The summed E-state index contributed by atoms with van der Waals surface area (Å²) in [6.45, 7) is 17.4. The van der Waals surface area contributed by atoms with E-state index in [1.807, 2.05) is 0 Å². The molecule has 0 unspecified atom stereocenters. The Bertz CT molecular complexity index is 241. The second kappa shape index (κ2) is 24.2. The summed E-state index contributed by atoms with van der Waals surface area (Å²) < 4.78 is 0. The quantitative estimate of drug-likeness (QED) is 0.265. The highest BCUT2D eigenvalue weighted by Gasteiger charge is 2.33. The van der Waals surface area contributed by atoms with Crippen molar-refractivity contribution in [2.75, 3.05) is 19.6 Å². The molecule has 0 atom stereocenters. The smallest absolute Gasteiger partial charge is 0.0209 e. The van der Waals surface area contributed by atoms with E-state index >= 15 is 0 Å². The summed E-state index contributed by atoms with van der Waals surface area (Å²) in [6.07, 6.45) is 18.8. The number of hydrogen-bond acceptors (Lipinski definition) is 2. The van der Waals surface area contributed by atoms with Gasteiger partial charge in [-0.2, -0.15) is 0 Å². The van der Waals surface area contributed by atoms with Crippen LogP contribution in [-0.4, -0.2) is 30.1 Å². The first kappa shape index (κ1) is 31.9. The third-order valence-electron chi connectivity index (χ3n) is 5.50. The lowest BCUT2D eigenvalue weighted by atomic mass is 9.81. The minimum absolute atomic E-state index is 0. The number of rotatable bonds is 17. The van der Waals surface area contributed by atoms with Crippen molar-refractivity contribution < 1.29 is 0 Å². The molecule has 0 radical (unpaired) electrons. The summed E-state index contributed by atoms with van der Waals surface area (Å²) in [5.41, 5.74) is 5.64. The van der Waals surface area contributed by atoms with Crippen LogP contribution in [0, 0.1) is 0 Å². The van der Waals surface area contributed by atoms with E-state index in [4.69, 9.17) is 5.73 Å². The average Bonchev–Trinajstić information content (AvgIpc) is 2.65. The Labute approximate surface area is 179 Å². The van der Waals surface area contributed by atoms with Gasteiger partial charge in [-0.05, 0) is 58.2 Å². The van der Waals surface area contributed by atoms with Crippen LogP contribution in [0.15, 0.2) is 0 Å². The summed E-state index contributed by atoms with van der Waals surface area (Å²) in [6, 6.07) is 0. The zero-order valence-electron chi connectivity index (χ0n) is 20.0. The normalized spacial score (nSPS) is 11.1. The number of hydrogen-bond donors (Lipinski definition) is 1. The maximum absolute atomic E-state index is 5.14. The zero-order chi connectivity index (χ0) is 20.1. The molecular weight excluding hydrogens is 352 g/mol. The van der Waals surface area contributed by atoms with Crippen LogP contribution < -0.4 is 5.73 Å². The molecule has 0 amide bonds. The summed E-state index contributed by atoms with van der Waals surface area (Å²) in [5, 5.41) is 0. The highest BCUT2D eigenvalue weighted by molar-refractivity contribution is 5.85. The van der Waals surface area contributed by atoms with Gasteiger partial charge in [0.1, 0.15) is 0 Å². The fourth-order valence-corrected chi connectivity index (χ4v) is 3.81. The van der Waals surface area contributed by atoms with Gasteiger partial charge in [0.2, 0.25) is 0 Å². The van der Waals surface area contributed by atoms with E-state index in [-0.39, 0.29) is 12.4 Å². The van der Waals surface area contributed by atoms with E-state index in [1.54, 1.807) is 0 Å². The molecule has 27 heavy (non-hydrogen) atoms. The summed E-state index contributed by atoms with van der Waals surface area (Å²) >= 11 is 0. The molecule has 0 bridgehead atoms. The third-order valence-corrected chi connectivity index (χ3v) is 5.50. The molecule has 0 saturated carbocycles. The lowest BCUT2D eigenvalue weighted by molar-refractivity contribution is 0.0522. The first-order chi connectivity index (χ1) is 12.6. The molecule has 3 heteroatoms. The lowest BCUT2D eigenvalue weighted by Crippen LogP contribution is -2.49. The Kier molecular flexibility index (Phi) is 28.6. The monoisotopic (exact) mass is 406 g/mol. The van der Waals surface area contributed by atoms with Crippen LogP contribution >= 0.6 is 12.4 Å². The molecule has 2 N–H and O–H groups in total. The molecule has 0 aromatic rings. The predicted octanol–water partition coefficient (Wildman–Crippen LogP) is 7.97. The molecule has 0 fully saturated rings. The van der Waals surface area contributed by atoms with Crippen molar-refractivity contribution in [1.29, 1.82) is 0 Å². The molecule has 2 nitrogen and oxygen atoms in total. The standard InChI is InChI=1S/C20H43N.C4H11N.ClH/c1-6-11-16-20(15-10-5,17-12-7-2)21(18-13-8-3)19-14-9-4;1-2-3-4-5;/h6-19H2,1-5H3;2-5H2,1H3;1H. The van der Waals surface area contributed by atoms with Crippen molar-refractivity contribution in [2.45, 2.75) is 137 Å². The van der Waals surface area contributed by atoms with Gasteiger partial charge in [0.25, 0.3) is 0 Å². The van der Waals surface area contributed by atoms with E-state index in [0.717, 1.165) is 6.54 Å². The van der Waals surface area contributed by atoms with Gasteiger partial charge in [-0.25, -0.2) is 0 Å². The summed E-state index contributed by atoms with van der Waals surface area (Å²) in [4.78, 5) is 2.91. The van der Waals surface area contributed by atoms with E-state index in [0.29, 0.717) is 5.54 Å². The largest absolute Gasteiger partial charge is 0.330 e. The van der Waals surface area contributed by atoms with Crippen molar-refractivity contribution in [3.8, 4) is 0 Å². The van der Waals surface area contributed by atoms with Gasteiger partial charge in [-0.15, -0.1) is 12.4 Å². The van der Waals surface area contributed by atoms with E-state index in [9.17, 15) is 0 Å². The van der Waals surface area contributed by atoms with Crippen LogP contribution in [0.4, 0.5) is 0 Å². The van der Waals surface area contributed by atoms with Gasteiger partial charge in [0.15, 0.2) is 0 Å². The number of nitrogens with zero attached hydrogens (tertiary/aromatic N) is 1. The van der Waals surface area contributed by atoms with Crippen molar-refractivity contribution in [1.82, 2.24) is 4.90 Å². The number of nitrogens with two attached hydrogens (primary N) is 1. The van der Waals surface area contributed by atoms with Crippen LogP contribution in [0.2, 0.25) is 0 Å². The molecule has 0 aliphatic rings. The third kappa shape index (κ3) is 16.8. The Balaban J connectivity index is -0.000000844. The Morgan fingerprint density at radius 3 is 1.22 bits per heavy atom. The molecule has 0 saturated heterocycles. The van der Waals surface area contributed by atoms with Crippen molar-refractivity contribution in [2.24, 2.45) is 5.73 Å². The molecule has 0 rings (SSSR count). The van der Waals surface area contributed by atoms with Crippen LogP contribution in [0.3, 0.4) is 0 Å². The average molecular weight is 407 g/mol. The van der Waals surface area contributed by atoms with Gasteiger partial charge in [0, 0.05) is 5.54 Å². The zero-order valence-corrected chi connectivity index (χ0v) is 20.8. The Morgan fingerprint density at radius 1 is 0.556 bits per heavy atom. The maximum Gasteiger partial charge on any atom is 0.0209 e. The molecule has 0 aliphatic heterocycles. The topological polar surface area (TPSA) is 29.3 Å². The van der Waals surface area contributed by atoms with Crippen molar-refractivity contribution >= 4 is 12.4 Å². The summed E-state index contributed by atoms with van der Waals surface area (Å²) in [5.74, 6) is 0. The SMILES string of the molecule is CCCCN.CCCCN(CCCC)C(CCC)(CCCC)CCCC.Cl.